The predicted octanol–water partition coefficient (Wildman–Crippen LogP) is 2.44. The van der Waals surface area contributed by atoms with Crippen molar-refractivity contribution in [2.75, 3.05) is 0 Å². The van der Waals surface area contributed by atoms with Crippen LogP contribution in [0.15, 0.2) is 0 Å². The molecule has 1 fully saturated rings. The van der Waals surface area contributed by atoms with Gasteiger partial charge in [-0.05, 0) is 19.3 Å². The van der Waals surface area contributed by atoms with Gasteiger partial charge in [-0.25, -0.2) is 0 Å². The van der Waals surface area contributed by atoms with Crippen molar-refractivity contribution >= 4 is 12.2 Å². The second-order valence-corrected chi connectivity index (χ2v) is 2.33. The Morgan fingerprint density at radius 3 is 2.23 bits per heavy atom. The normalized spacial score (nSPS) is 14.2. The van der Waals surface area contributed by atoms with E-state index in [9.17, 15) is 9.59 Å². The summed E-state index contributed by atoms with van der Waals surface area (Å²) in [5, 5.41) is 10.7. The Labute approximate surface area is 89.9 Å². The first kappa shape index (κ1) is 14.9. The van der Waals surface area contributed by atoms with Gasteiger partial charge in [-0.2, -0.15) is 0 Å². The molecular formula is C6H10N2O4Pt. The number of nitrogens with zero attached hydrogens (tertiary/aromatic N) is 1. The molecule has 7 heteroatoms. The molecule has 78 valence electrons. The first-order valence-corrected chi connectivity index (χ1v) is 3.34. The van der Waals surface area contributed by atoms with Crippen LogP contribution in [0.4, 0.5) is 9.59 Å². The number of carbonyl (C=O) groups is 2. The zero-order chi connectivity index (χ0) is 8.27. The summed E-state index contributed by atoms with van der Waals surface area (Å²) in [5.74, 6) is 0. The summed E-state index contributed by atoms with van der Waals surface area (Å²) in [7, 11) is 0. The van der Waals surface area contributed by atoms with Crippen molar-refractivity contribution in [2.24, 2.45) is 0 Å². The molecule has 1 rings (SSSR count). The van der Waals surface area contributed by atoms with Crippen LogP contribution in [0.25, 0.3) is 11.5 Å². The van der Waals surface area contributed by atoms with E-state index in [2.05, 4.69) is 10.1 Å². The number of ether oxygens (including phenoxy) is 1. The minimum absolute atomic E-state index is 0. The molecule has 0 aromatic rings. The van der Waals surface area contributed by atoms with E-state index >= 15 is 0 Å². The van der Waals surface area contributed by atoms with Gasteiger partial charge < -0.3 is 21.3 Å². The van der Waals surface area contributed by atoms with Crippen molar-refractivity contribution in [3.8, 4) is 0 Å². The summed E-state index contributed by atoms with van der Waals surface area (Å²) in [6.45, 7) is 0. The Morgan fingerprint density at radius 1 is 1.38 bits per heavy atom. The Morgan fingerprint density at radius 2 is 1.92 bits per heavy atom. The van der Waals surface area contributed by atoms with Gasteiger partial charge in [-0.3, -0.25) is 9.59 Å². The van der Waals surface area contributed by atoms with Crippen LogP contribution < -0.4 is 0 Å². The number of hydrogen-bond acceptors (Lipinski definition) is 3. The average Bonchev–Trinajstić information content (AvgIpc) is 1.77. The molecule has 1 saturated carbocycles. The van der Waals surface area contributed by atoms with E-state index in [1.54, 1.807) is 0 Å². The molecule has 0 aliphatic heterocycles. The van der Waals surface area contributed by atoms with Crippen molar-refractivity contribution in [3.63, 3.8) is 0 Å². The second kappa shape index (κ2) is 6.86. The van der Waals surface area contributed by atoms with Gasteiger partial charge in [0.05, 0.1) is 0 Å². The summed E-state index contributed by atoms with van der Waals surface area (Å²) in [6, 6.07) is 0. The van der Waals surface area contributed by atoms with Crippen molar-refractivity contribution in [2.45, 2.75) is 25.4 Å². The monoisotopic (exact) mass is 369 g/mol. The van der Waals surface area contributed by atoms with Gasteiger partial charge in [0.25, 0.3) is 0 Å². The Bertz CT molecular complexity index is 183. The number of nitrogens with two attached hydrogens (primary N) is 1. The third kappa shape index (κ3) is 5.60. The van der Waals surface area contributed by atoms with E-state index < -0.39 is 12.2 Å². The van der Waals surface area contributed by atoms with E-state index in [0.29, 0.717) is 0 Å². The molecule has 6 nitrogen and oxygen atoms in total. The van der Waals surface area contributed by atoms with Crippen molar-refractivity contribution in [1.82, 2.24) is 0 Å². The van der Waals surface area contributed by atoms with Crippen LogP contribution >= 0.6 is 0 Å². The first-order valence-electron chi connectivity index (χ1n) is 3.34. The Balaban J connectivity index is 0. The molecule has 0 saturated heterocycles. The molecule has 0 aromatic heterocycles. The minimum Gasteiger partial charge on any atom is -0.693 e. The van der Waals surface area contributed by atoms with Gasteiger partial charge in [0.1, 0.15) is 6.10 Å². The van der Waals surface area contributed by atoms with Crippen LogP contribution in [-0.2, 0) is 25.8 Å². The van der Waals surface area contributed by atoms with Crippen molar-refractivity contribution < 1.29 is 40.5 Å². The number of carboxylic acid groups (broad SMARTS) is 1. The molecule has 0 heterocycles. The minimum atomic E-state index is -1.51. The number of imide groups is 1. The zero-order valence-corrected chi connectivity index (χ0v) is 8.98. The van der Waals surface area contributed by atoms with Gasteiger partial charge >= 0.3 is 21.1 Å². The smallest absolute Gasteiger partial charge is 0.693 e. The van der Waals surface area contributed by atoms with E-state index in [1.165, 1.54) is 0 Å². The molecular weight excluding hydrogens is 359 g/mol. The molecule has 3 N–H and O–H groups in total. The Hall–Kier alpha value is -0.612. The molecule has 0 atom stereocenters. The van der Waals surface area contributed by atoms with Crippen LogP contribution in [0.2, 0.25) is 0 Å². The number of amides is 2. The predicted molar refractivity (Wildman–Crippen MR) is 40.8 cm³/mol. The van der Waals surface area contributed by atoms with E-state index in [4.69, 9.17) is 5.11 Å². The standard InChI is InChI=1S/C6H9NO4.H2N.Pt/c8-5(9)7-6(10)11-4-2-1-3-4;;/h4H,1-3H2,(H2,7,8,9,10);1H2;/q;-1;+2/p-1. The number of carbonyl (C=O) groups excluding carboxylic acids is 1. The summed E-state index contributed by atoms with van der Waals surface area (Å²) in [4.78, 5) is 20.3. The quantitative estimate of drug-likeness (QED) is 0.765. The largest absolute Gasteiger partial charge is 2.00 e. The molecule has 0 radical (unpaired) electrons. The van der Waals surface area contributed by atoms with Crippen LogP contribution in [0, 0.1) is 0 Å². The van der Waals surface area contributed by atoms with Gasteiger partial charge in [0.15, 0.2) is 0 Å². The fraction of sp³-hybridized carbons (Fsp3) is 0.667. The summed E-state index contributed by atoms with van der Waals surface area (Å²) < 4.78 is 4.61. The van der Waals surface area contributed by atoms with Crippen molar-refractivity contribution in [1.29, 1.82) is 0 Å². The van der Waals surface area contributed by atoms with Crippen molar-refractivity contribution in [3.05, 3.63) is 11.5 Å². The van der Waals surface area contributed by atoms with Crippen LogP contribution in [0.1, 0.15) is 19.3 Å². The van der Waals surface area contributed by atoms with E-state index in [1.807, 2.05) is 0 Å². The van der Waals surface area contributed by atoms with Gasteiger partial charge in [0.2, 0.25) is 12.2 Å². The van der Waals surface area contributed by atoms with Crippen LogP contribution in [0.5, 0.6) is 0 Å². The van der Waals surface area contributed by atoms with E-state index in [-0.39, 0.29) is 33.3 Å². The second-order valence-electron chi connectivity index (χ2n) is 2.33. The molecule has 0 unspecified atom stereocenters. The SMILES string of the molecule is O=C(O)[N-]C(=O)OC1CCC1.[NH2-].[Pt+2]. The molecule has 0 spiro atoms. The maximum atomic E-state index is 10.5. The third-order valence-corrected chi connectivity index (χ3v) is 1.51. The van der Waals surface area contributed by atoms with E-state index in [0.717, 1.165) is 19.3 Å². The summed E-state index contributed by atoms with van der Waals surface area (Å²) in [6.07, 6.45) is 0.0642. The average molecular weight is 369 g/mol. The Kier molecular flexibility index (Phi) is 7.85. The molecule has 1 aliphatic rings. The zero-order valence-electron chi connectivity index (χ0n) is 6.71. The summed E-state index contributed by atoms with van der Waals surface area (Å²) in [5.41, 5.74) is 0. The fourth-order valence-corrected chi connectivity index (χ4v) is 0.736. The maximum absolute atomic E-state index is 10.5. The van der Waals surface area contributed by atoms with Crippen LogP contribution in [-0.4, -0.2) is 23.4 Å². The molecule has 13 heavy (non-hydrogen) atoms. The topological polar surface area (TPSA) is 111 Å². The number of hydrogen-bond donors (Lipinski definition) is 1. The number of rotatable bonds is 1. The fourth-order valence-electron chi connectivity index (χ4n) is 0.736. The molecule has 2 amide bonds. The maximum Gasteiger partial charge on any atom is 2.00 e. The molecule has 0 aromatic carbocycles. The van der Waals surface area contributed by atoms with Gasteiger partial charge in [-0.1, -0.05) is 0 Å². The molecule has 1 aliphatic carbocycles. The molecule has 0 bridgehead atoms. The van der Waals surface area contributed by atoms with Gasteiger partial charge in [-0.15, -0.1) is 0 Å². The first-order chi connectivity index (χ1) is 5.18. The summed E-state index contributed by atoms with van der Waals surface area (Å²) >= 11 is 0. The van der Waals surface area contributed by atoms with Crippen LogP contribution in [0.3, 0.4) is 0 Å². The van der Waals surface area contributed by atoms with Gasteiger partial charge in [0, 0.05) is 0 Å². The third-order valence-electron chi connectivity index (χ3n) is 1.51.